The number of carbonyl (C=O) groups is 6. The SMILES string of the molecule is C=O.CNC(CS)C(C)=O.CNC(CSSc1ccc([N+](=O)[O-])c(C(=O)[O-])c1)C(C)=O.O=C(O)c1cc([S-])ccc1[N+](=O)[O-].O=C([O-])c1cc(SSc2ccc([N+](=O)[O-])c([O-])c2)ccc1[N+](=O)[O-].[2H][3H].[B]=N. The molecule has 70 heavy (non-hydrogen) atoms. The van der Waals surface area contributed by atoms with Crippen LogP contribution in [0.3, 0.4) is 0 Å². The van der Waals surface area contributed by atoms with Crippen molar-refractivity contribution in [1.29, 1.82) is 5.31 Å². The monoisotopic (exact) mass is 1090 g/mol. The van der Waals surface area contributed by atoms with Crippen LogP contribution in [0, 0.1) is 45.8 Å². The second-order valence-electron chi connectivity index (χ2n) is 12.2. The molecule has 0 bridgehead atoms. The fraction of sp³-hybridized carbons (Fsp3) is 0.211. The number of aromatic carboxylic acids is 3. The van der Waals surface area contributed by atoms with Crippen LogP contribution in [-0.2, 0) is 27.0 Å². The van der Waals surface area contributed by atoms with E-state index in [2.05, 4.69) is 43.5 Å². The van der Waals surface area contributed by atoms with Crippen LogP contribution in [0.5, 0.6) is 5.75 Å². The van der Waals surface area contributed by atoms with Crippen molar-refractivity contribution in [2.45, 2.75) is 45.5 Å². The van der Waals surface area contributed by atoms with Gasteiger partial charge in [-0.3, -0.25) is 50.0 Å². The summed E-state index contributed by atoms with van der Waals surface area (Å²) >= 11 is 8.63. The van der Waals surface area contributed by atoms with Crippen molar-refractivity contribution in [3.63, 3.8) is 0 Å². The molecule has 2 atom stereocenters. The van der Waals surface area contributed by atoms with E-state index in [1.54, 1.807) is 21.0 Å². The number of thiol groups is 1. The summed E-state index contributed by atoms with van der Waals surface area (Å²) in [5, 5.41) is 95.3. The Hall–Kier alpha value is -6.55. The Morgan fingerprint density at radius 1 is 0.700 bits per heavy atom. The molecule has 4 aromatic carbocycles. The molecule has 25 nitrogen and oxygen atoms in total. The number of carboxylic acid groups (broad SMARTS) is 3. The summed E-state index contributed by atoms with van der Waals surface area (Å²) in [6.07, 6.45) is 0. The van der Waals surface area contributed by atoms with Gasteiger partial charge in [-0.2, -0.15) is 17.5 Å². The van der Waals surface area contributed by atoms with E-state index in [0.29, 0.717) is 26.2 Å². The summed E-state index contributed by atoms with van der Waals surface area (Å²) in [5.74, 6) is -4.15. The third-order valence-corrected chi connectivity index (χ3v) is 13.1. The average molecular weight is 1090 g/mol. The number of hydrogen-bond acceptors (Lipinski definition) is 26. The van der Waals surface area contributed by atoms with Crippen LogP contribution in [0.1, 0.15) is 47.9 Å². The van der Waals surface area contributed by atoms with Gasteiger partial charge in [0.2, 0.25) is 0 Å². The Morgan fingerprint density at radius 3 is 1.37 bits per heavy atom. The number of rotatable bonds is 19. The Labute approximate surface area is 427 Å². The van der Waals surface area contributed by atoms with Crippen molar-refractivity contribution >= 4 is 135 Å². The van der Waals surface area contributed by atoms with E-state index < -0.39 is 77.2 Å². The van der Waals surface area contributed by atoms with Gasteiger partial charge in [-0.15, -0.1) is 0 Å². The zero-order valence-electron chi connectivity index (χ0n) is 38.4. The predicted octanol–water partition coefficient (Wildman–Crippen LogP) is 3.89. The molecule has 2 unspecified atom stereocenters. The molecule has 4 N–H and O–H groups in total. The van der Waals surface area contributed by atoms with Crippen molar-refractivity contribution in [3.8, 4) is 5.75 Å². The van der Waals surface area contributed by atoms with Crippen LogP contribution in [0.2, 0.25) is 0 Å². The topological polar surface area (TPSA) is 412 Å². The molecular weight excluding hydrogens is 1050 g/mol. The molecule has 1 radical (unpaired) electrons. The molecule has 0 saturated carbocycles. The van der Waals surface area contributed by atoms with Crippen LogP contribution >= 0.6 is 55.8 Å². The summed E-state index contributed by atoms with van der Waals surface area (Å²) in [6, 6.07) is 14.0. The van der Waals surface area contributed by atoms with E-state index in [1.807, 2.05) is 6.79 Å². The number of nitrogens with zero attached hydrogens (tertiary/aromatic N) is 4. The molecule has 0 aliphatic rings. The molecule has 0 aliphatic carbocycles. The zero-order valence-corrected chi connectivity index (χ0v) is 41.4. The summed E-state index contributed by atoms with van der Waals surface area (Å²) in [6.45, 7) is 5.03. The van der Waals surface area contributed by atoms with Crippen LogP contribution < -0.4 is 26.0 Å². The number of ketones is 2. The molecule has 0 aliphatic heterocycles. The Bertz CT molecular complexity index is 2520. The van der Waals surface area contributed by atoms with Gasteiger partial charge in [0, 0.05) is 53.4 Å². The zero-order chi connectivity index (χ0) is 56.4. The van der Waals surface area contributed by atoms with Gasteiger partial charge in [0.1, 0.15) is 23.9 Å². The van der Waals surface area contributed by atoms with E-state index in [0.717, 1.165) is 64.1 Å². The summed E-state index contributed by atoms with van der Waals surface area (Å²) < 4.78 is 10.0. The van der Waals surface area contributed by atoms with Gasteiger partial charge >= 0.3 is 18.9 Å². The van der Waals surface area contributed by atoms with Gasteiger partial charge in [-0.05, 0) is 70.1 Å². The maximum absolute atomic E-state index is 11.5. The number of Topliss-reactive ketones (excluding diaryl/α,β-unsaturated/α-hetero) is 2. The Morgan fingerprint density at radius 2 is 1.06 bits per heavy atom. The summed E-state index contributed by atoms with van der Waals surface area (Å²) in [5.41, 5.74) is -3.46. The fourth-order valence-corrected chi connectivity index (χ4v) is 9.36. The van der Waals surface area contributed by atoms with Crippen molar-refractivity contribution in [1.82, 2.24) is 10.6 Å². The van der Waals surface area contributed by atoms with Crippen molar-refractivity contribution in [2.24, 2.45) is 0 Å². The van der Waals surface area contributed by atoms with Crippen LogP contribution in [-0.4, -0.2) is 106 Å². The molecule has 0 spiro atoms. The first-order valence-corrected chi connectivity index (χ1v) is 23.7. The van der Waals surface area contributed by atoms with Crippen molar-refractivity contribution < 1.29 is 71.9 Å². The molecule has 377 valence electrons. The number of nitro groups is 4. The van der Waals surface area contributed by atoms with Crippen LogP contribution in [0.25, 0.3) is 0 Å². The van der Waals surface area contributed by atoms with Crippen LogP contribution in [0.15, 0.2) is 92.4 Å². The van der Waals surface area contributed by atoms with Gasteiger partial charge < -0.3 is 58.1 Å². The number of hydrogen-bond donors (Lipinski definition) is 5. The first kappa shape index (κ1) is 63.5. The fourth-order valence-electron chi connectivity index (χ4n) is 4.42. The molecule has 0 heterocycles. The quantitative estimate of drug-likeness (QED) is 0.0222. The maximum atomic E-state index is 11.5. The normalized spacial score (nSPS) is 10.6. The molecule has 0 amide bonds. The molecule has 32 heteroatoms. The minimum atomic E-state index is -1.67. The van der Waals surface area contributed by atoms with Crippen LogP contribution in [0.4, 0.5) is 22.7 Å². The predicted molar refractivity (Wildman–Crippen MR) is 262 cm³/mol. The standard InChI is InChI=1S/C13H8N2O7S2.C12H14N2O5S2.C7H5NO4S.C5H11NOS.CH2O.BHN.H2/c16-12-6-8(2-4-11(12)15(21)22)24-23-7-1-3-10(14(19)20)9(5-7)13(17)18;1-7(15)10(13-2)6-20-21-8-3-4-11(14(18)19)9(5-8)12(16)17;9-7(10)5-3-4(13)1-2-6(5)8(11)12;1-4(7)5(3-8)6-2;2*1-2;/h1-6,16H,(H,17,18);3-5,10,13H,6H2,1-2H3,(H,16,17);1-3,13H,(H,9,10);5-6,8H,3H2,1-2H3;1H2;2H;1H/p-4/i;;;;;;1+2D. The summed E-state index contributed by atoms with van der Waals surface area (Å²) in [4.78, 5) is 103. The molecule has 4 rings (SSSR count). The van der Waals surface area contributed by atoms with E-state index >= 15 is 0 Å². The number of nitrogens with one attached hydrogen (secondary N) is 3. The number of likely N-dealkylation sites (N-methyl/N-ethyl adjacent to an activating group) is 2. The Balaban J connectivity index is -0.000000901. The minimum absolute atomic E-state index is 0.00437. The van der Waals surface area contributed by atoms with Crippen molar-refractivity contribution in [3.05, 3.63) is 130 Å². The van der Waals surface area contributed by atoms with E-state index in [9.17, 15) is 79.7 Å². The molecule has 4 aromatic rings. The first-order valence-electron chi connectivity index (χ1n) is 19.2. The summed E-state index contributed by atoms with van der Waals surface area (Å²) in [7, 11) is 11.9. The second-order valence-corrected chi connectivity index (χ2v) is 17.7. The number of carbonyl (C=O) groups excluding carboxylic acids is 5. The number of benzene rings is 4. The molecular formula is C38H39BN7O18S6-4. The molecule has 0 saturated heterocycles. The Kier molecular flexibility index (Phi) is 31.4. The molecule has 0 aromatic heterocycles. The van der Waals surface area contributed by atoms with E-state index in [-0.39, 0.29) is 34.1 Å². The first-order chi connectivity index (χ1) is 33.9. The second kappa shape index (κ2) is 34.7. The average Bonchev–Trinajstić information content (AvgIpc) is 3.34. The van der Waals surface area contributed by atoms with Gasteiger partial charge in [0.05, 0.1) is 54.8 Å². The van der Waals surface area contributed by atoms with Gasteiger partial charge in [0.15, 0.2) is 0 Å². The van der Waals surface area contributed by atoms with Gasteiger partial charge in [-0.25, -0.2) is 4.79 Å². The number of carboxylic acids is 3. The van der Waals surface area contributed by atoms with Gasteiger partial charge in [0.25, 0.3) is 22.7 Å². The van der Waals surface area contributed by atoms with E-state index in [4.69, 9.17) is 18.2 Å². The third kappa shape index (κ3) is 23.2. The third-order valence-electron chi connectivity index (χ3n) is 7.78. The van der Waals surface area contributed by atoms with E-state index in [1.165, 1.54) is 58.8 Å². The van der Waals surface area contributed by atoms with Crippen molar-refractivity contribution in [2.75, 3.05) is 25.6 Å². The van der Waals surface area contributed by atoms with Gasteiger partial charge in [-0.1, -0.05) is 55.3 Å². The molecule has 0 fully saturated rings. The number of nitro benzene ring substituents is 4.